The lowest BCUT2D eigenvalue weighted by Crippen LogP contribution is -2.32. The van der Waals surface area contributed by atoms with Gasteiger partial charge in [0.1, 0.15) is 6.10 Å². The molecule has 13 heavy (non-hydrogen) atoms. The fourth-order valence-corrected chi connectivity index (χ4v) is 2.25. The molecule has 3 unspecified atom stereocenters. The Labute approximate surface area is 78.3 Å². The van der Waals surface area contributed by atoms with Crippen molar-refractivity contribution in [1.29, 1.82) is 0 Å². The number of hydrogen-bond donors (Lipinski definition) is 0. The van der Waals surface area contributed by atoms with Crippen LogP contribution in [0.25, 0.3) is 0 Å². The lowest BCUT2D eigenvalue weighted by molar-refractivity contribution is -0.149. The zero-order chi connectivity index (χ0) is 9.42. The summed E-state index contributed by atoms with van der Waals surface area (Å²) >= 11 is 0. The molecule has 2 rings (SSSR count). The Hall–Kier alpha value is -1.05. The monoisotopic (exact) mass is 178 g/mol. The molecular weight excluding hydrogens is 164 g/mol. The highest BCUT2D eigenvalue weighted by Gasteiger charge is 2.39. The van der Waals surface area contributed by atoms with E-state index in [4.69, 9.17) is 4.74 Å². The number of fused-ring (bicyclic) bond motifs is 2. The first-order valence-corrected chi connectivity index (χ1v) is 4.71. The summed E-state index contributed by atoms with van der Waals surface area (Å²) < 4.78 is 5.29. The quantitative estimate of drug-likeness (QED) is 0.454. The van der Waals surface area contributed by atoms with Gasteiger partial charge in [-0.1, -0.05) is 24.3 Å². The van der Waals surface area contributed by atoms with Gasteiger partial charge in [0, 0.05) is 18.8 Å². The van der Waals surface area contributed by atoms with Gasteiger partial charge < -0.3 is 4.74 Å². The summed E-state index contributed by atoms with van der Waals surface area (Å²) in [6.45, 7) is 5.48. The van der Waals surface area contributed by atoms with Crippen LogP contribution in [0.4, 0.5) is 0 Å². The normalized spacial score (nSPS) is 36.4. The van der Waals surface area contributed by atoms with E-state index in [0.29, 0.717) is 5.92 Å². The van der Waals surface area contributed by atoms with Crippen LogP contribution < -0.4 is 0 Å². The fourth-order valence-electron chi connectivity index (χ4n) is 2.25. The molecule has 2 heteroatoms. The van der Waals surface area contributed by atoms with Gasteiger partial charge in [-0.3, -0.25) is 4.79 Å². The van der Waals surface area contributed by atoms with Gasteiger partial charge in [-0.15, -0.1) is 0 Å². The maximum Gasteiger partial charge on any atom is 0.302 e. The number of hydrogen-bond acceptors (Lipinski definition) is 2. The third-order valence-corrected chi connectivity index (χ3v) is 2.91. The molecular formula is C11H14O2. The molecule has 0 aromatic rings. The van der Waals surface area contributed by atoms with Crippen LogP contribution >= 0.6 is 0 Å². The minimum atomic E-state index is -0.182. The molecule has 0 aromatic heterocycles. The highest BCUT2D eigenvalue weighted by atomic mass is 16.5. The molecule has 0 aromatic carbocycles. The van der Waals surface area contributed by atoms with E-state index in [1.165, 1.54) is 12.5 Å². The third kappa shape index (κ3) is 1.41. The van der Waals surface area contributed by atoms with Gasteiger partial charge >= 0.3 is 5.97 Å². The first-order valence-electron chi connectivity index (χ1n) is 4.71. The van der Waals surface area contributed by atoms with Crippen LogP contribution in [0.2, 0.25) is 0 Å². The van der Waals surface area contributed by atoms with Gasteiger partial charge in [0.25, 0.3) is 0 Å². The summed E-state index contributed by atoms with van der Waals surface area (Å²) in [4.78, 5) is 10.9. The van der Waals surface area contributed by atoms with Gasteiger partial charge in [0.05, 0.1) is 0 Å². The Bertz CT molecular complexity index is 278. The van der Waals surface area contributed by atoms with Crippen molar-refractivity contribution in [1.82, 2.24) is 0 Å². The zero-order valence-electron chi connectivity index (χ0n) is 7.82. The van der Waals surface area contributed by atoms with Crippen molar-refractivity contribution in [3.63, 3.8) is 0 Å². The lowest BCUT2D eigenvalue weighted by atomic mass is 9.82. The number of rotatable bonds is 1. The predicted octanol–water partition coefficient (Wildman–Crippen LogP) is 2.07. The van der Waals surface area contributed by atoms with Crippen molar-refractivity contribution in [2.45, 2.75) is 25.9 Å². The molecule has 2 bridgehead atoms. The van der Waals surface area contributed by atoms with Crippen LogP contribution in [-0.2, 0) is 9.53 Å². The highest BCUT2D eigenvalue weighted by molar-refractivity contribution is 5.66. The van der Waals surface area contributed by atoms with E-state index in [1.807, 2.05) is 0 Å². The van der Waals surface area contributed by atoms with Crippen molar-refractivity contribution in [2.24, 2.45) is 11.8 Å². The molecule has 0 aliphatic heterocycles. The maximum atomic E-state index is 10.9. The van der Waals surface area contributed by atoms with Crippen molar-refractivity contribution >= 4 is 5.97 Å². The van der Waals surface area contributed by atoms with Gasteiger partial charge in [0.15, 0.2) is 0 Å². The standard InChI is InChI=1S/C11H14O2/c1-7-3-4-9-5-6-10(7)11(9)13-8(2)12/h5-6,9-11H,1,3-4H2,2H3. The molecule has 0 radical (unpaired) electrons. The Kier molecular flexibility index (Phi) is 1.98. The summed E-state index contributed by atoms with van der Waals surface area (Å²) in [5, 5.41) is 0. The average molecular weight is 178 g/mol. The number of esters is 1. The van der Waals surface area contributed by atoms with Crippen LogP contribution in [0.15, 0.2) is 24.3 Å². The summed E-state index contributed by atoms with van der Waals surface area (Å²) in [6.07, 6.45) is 6.48. The molecule has 2 aliphatic rings. The summed E-state index contributed by atoms with van der Waals surface area (Å²) in [5.41, 5.74) is 1.20. The average Bonchev–Trinajstić information content (AvgIpc) is 2.32. The number of ether oxygens (including phenoxy) is 1. The van der Waals surface area contributed by atoms with E-state index in [-0.39, 0.29) is 18.0 Å². The molecule has 1 fully saturated rings. The van der Waals surface area contributed by atoms with E-state index in [0.717, 1.165) is 12.8 Å². The number of carbonyl (C=O) groups excluding carboxylic acids is 1. The second kappa shape index (κ2) is 3.02. The first kappa shape index (κ1) is 8.54. The van der Waals surface area contributed by atoms with Crippen molar-refractivity contribution in [2.75, 3.05) is 0 Å². The molecule has 0 heterocycles. The van der Waals surface area contributed by atoms with E-state index in [1.54, 1.807) is 0 Å². The molecule has 3 atom stereocenters. The van der Waals surface area contributed by atoms with Crippen molar-refractivity contribution in [3.8, 4) is 0 Å². The second-order valence-corrected chi connectivity index (χ2v) is 3.85. The van der Waals surface area contributed by atoms with Crippen LogP contribution in [0, 0.1) is 11.8 Å². The Morgan fingerprint density at radius 2 is 2.38 bits per heavy atom. The molecule has 1 saturated carbocycles. The molecule has 0 amide bonds. The van der Waals surface area contributed by atoms with Crippen molar-refractivity contribution < 1.29 is 9.53 Å². The van der Waals surface area contributed by atoms with E-state index < -0.39 is 0 Å². The van der Waals surface area contributed by atoms with Gasteiger partial charge in [-0.25, -0.2) is 0 Å². The summed E-state index contributed by atoms with van der Waals surface area (Å²) in [7, 11) is 0. The maximum absolute atomic E-state index is 10.9. The number of carbonyl (C=O) groups is 1. The van der Waals surface area contributed by atoms with Crippen LogP contribution in [0.3, 0.4) is 0 Å². The van der Waals surface area contributed by atoms with Gasteiger partial charge in [-0.05, 0) is 12.8 Å². The minimum absolute atomic E-state index is 0.0405. The molecule has 2 aliphatic carbocycles. The molecule has 70 valence electrons. The molecule has 0 N–H and O–H groups in total. The highest BCUT2D eigenvalue weighted by Crippen LogP contribution is 2.41. The second-order valence-electron chi connectivity index (χ2n) is 3.85. The van der Waals surface area contributed by atoms with E-state index >= 15 is 0 Å². The summed E-state index contributed by atoms with van der Waals surface area (Å²) in [6, 6.07) is 0. The van der Waals surface area contributed by atoms with Crippen LogP contribution in [0.1, 0.15) is 19.8 Å². The fraction of sp³-hybridized carbons (Fsp3) is 0.545. The summed E-state index contributed by atoms with van der Waals surface area (Å²) in [5.74, 6) is 0.528. The predicted molar refractivity (Wildman–Crippen MR) is 50.0 cm³/mol. The Morgan fingerprint density at radius 3 is 3.08 bits per heavy atom. The van der Waals surface area contributed by atoms with Gasteiger partial charge in [-0.2, -0.15) is 0 Å². The topological polar surface area (TPSA) is 26.3 Å². The Balaban J connectivity index is 2.13. The van der Waals surface area contributed by atoms with E-state index in [2.05, 4.69) is 18.7 Å². The SMILES string of the molecule is C=C1CCC2C=CC1C2OC(C)=O. The third-order valence-electron chi connectivity index (χ3n) is 2.91. The van der Waals surface area contributed by atoms with E-state index in [9.17, 15) is 4.79 Å². The van der Waals surface area contributed by atoms with Crippen molar-refractivity contribution in [3.05, 3.63) is 24.3 Å². The molecule has 0 spiro atoms. The van der Waals surface area contributed by atoms with Crippen LogP contribution in [-0.4, -0.2) is 12.1 Å². The smallest absolute Gasteiger partial charge is 0.302 e. The molecule has 0 saturated heterocycles. The Morgan fingerprint density at radius 1 is 1.62 bits per heavy atom. The zero-order valence-corrected chi connectivity index (χ0v) is 7.82. The van der Waals surface area contributed by atoms with Gasteiger partial charge in [0.2, 0.25) is 0 Å². The minimum Gasteiger partial charge on any atom is -0.461 e. The van der Waals surface area contributed by atoms with Crippen LogP contribution in [0.5, 0.6) is 0 Å². The first-order chi connectivity index (χ1) is 6.18. The largest absolute Gasteiger partial charge is 0.461 e. The molecule has 2 nitrogen and oxygen atoms in total. The lowest BCUT2D eigenvalue weighted by Gasteiger charge is -2.31.